The van der Waals surface area contributed by atoms with Gasteiger partial charge in [0.15, 0.2) is 6.61 Å². The van der Waals surface area contributed by atoms with Gasteiger partial charge in [-0.2, -0.15) is 26.3 Å². The first-order chi connectivity index (χ1) is 9.49. The summed E-state index contributed by atoms with van der Waals surface area (Å²) in [7, 11) is 0. The van der Waals surface area contributed by atoms with E-state index in [0.29, 0.717) is 0 Å². The zero-order chi connectivity index (χ0) is 16.3. The largest absolute Gasteiger partial charge is 0.455 e. The molecule has 0 radical (unpaired) electrons. The Labute approximate surface area is 115 Å². The second-order valence-electron chi connectivity index (χ2n) is 4.23. The van der Waals surface area contributed by atoms with E-state index in [1.807, 2.05) is 0 Å². The van der Waals surface area contributed by atoms with Crippen molar-refractivity contribution in [3.05, 3.63) is 35.4 Å². The number of carbonyl (C=O) groups is 1. The SMILES string of the molecule is N[C@@H](Cc1ccc(C(F)(F)F)cc1)C(=O)OCC(F)(F)F. The molecule has 1 aromatic rings. The van der Waals surface area contributed by atoms with Crippen LogP contribution in [0.4, 0.5) is 26.3 Å². The maximum Gasteiger partial charge on any atom is 0.422 e. The lowest BCUT2D eigenvalue weighted by atomic mass is 10.0. The minimum atomic E-state index is -4.66. The van der Waals surface area contributed by atoms with Crippen molar-refractivity contribution in [2.45, 2.75) is 24.8 Å². The average Bonchev–Trinajstić information content (AvgIpc) is 2.34. The molecule has 1 atom stereocenters. The standard InChI is InChI=1S/C12H11F6NO2/c13-11(14,15)6-21-10(20)9(19)5-7-1-3-8(4-2-7)12(16,17)18/h1-4,9H,5-6,19H2/t9-/m0/s1. The number of alkyl halides is 6. The molecule has 0 heterocycles. The first-order valence-electron chi connectivity index (χ1n) is 5.64. The smallest absolute Gasteiger partial charge is 0.422 e. The molecule has 0 spiro atoms. The van der Waals surface area contributed by atoms with Gasteiger partial charge >= 0.3 is 18.3 Å². The Morgan fingerprint density at radius 2 is 1.62 bits per heavy atom. The number of hydrogen-bond donors (Lipinski definition) is 1. The van der Waals surface area contributed by atoms with Gasteiger partial charge in [0.2, 0.25) is 0 Å². The third-order valence-electron chi connectivity index (χ3n) is 2.42. The maximum atomic E-state index is 12.3. The first-order valence-corrected chi connectivity index (χ1v) is 5.64. The van der Waals surface area contributed by atoms with Crippen LogP contribution in [0.25, 0.3) is 0 Å². The molecule has 1 aromatic carbocycles. The number of benzene rings is 1. The Bertz CT molecular complexity index is 480. The molecular formula is C12H11F6NO2. The Kier molecular flexibility index (Phi) is 5.21. The van der Waals surface area contributed by atoms with Crippen molar-refractivity contribution >= 4 is 5.97 Å². The van der Waals surface area contributed by atoms with E-state index in [1.165, 1.54) is 0 Å². The Morgan fingerprint density at radius 1 is 1.10 bits per heavy atom. The monoisotopic (exact) mass is 315 g/mol. The zero-order valence-electron chi connectivity index (χ0n) is 10.5. The number of halogens is 6. The fourth-order valence-electron chi connectivity index (χ4n) is 1.43. The van der Waals surface area contributed by atoms with Gasteiger partial charge in [0.25, 0.3) is 0 Å². The molecule has 0 aliphatic heterocycles. The lowest BCUT2D eigenvalue weighted by molar-refractivity contribution is -0.187. The Morgan fingerprint density at radius 3 is 2.05 bits per heavy atom. The third kappa shape index (κ3) is 6.03. The lowest BCUT2D eigenvalue weighted by Gasteiger charge is -2.13. The van der Waals surface area contributed by atoms with Crippen LogP contribution in [0.1, 0.15) is 11.1 Å². The van der Waals surface area contributed by atoms with E-state index in [2.05, 4.69) is 4.74 Å². The fourth-order valence-corrected chi connectivity index (χ4v) is 1.43. The third-order valence-corrected chi connectivity index (χ3v) is 2.42. The van der Waals surface area contributed by atoms with E-state index in [4.69, 9.17) is 5.73 Å². The minimum Gasteiger partial charge on any atom is -0.455 e. The topological polar surface area (TPSA) is 52.3 Å². The van der Waals surface area contributed by atoms with E-state index in [1.54, 1.807) is 0 Å². The van der Waals surface area contributed by atoms with Gasteiger partial charge in [0.1, 0.15) is 6.04 Å². The zero-order valence-corrected chi connectivity index (χ0v) is 10.5. The van der Waals surface area contributed by atoms with Crippen LogP contribution in [0.3, 0.4) is 0 Å². The van der Waals surface area contributed by atoms with Crippen molar-refractivity contribution in [2.24, 2.45) is 5.73 Å². The van der Waals surface area contributed by atoms with Crippen molar-refractivity contribution in [1.82, 2.24) is 0 Å². The minimum absolute atomic E-state index is 0.227. The predicted molar refractivity (Wildman–Crippen MR) is 60.1 cm³/mol. The van der Waals surface area contributed by atoms with Gasteiger partial charge in [-0.3, -0.25) is 4.79 Å². The van der Waals surface area contributed by atoms with Crippen molar-refractivity contribution in [2.75, 3.05) is 6.61 Å². The number of hydrogen-bond acceptors (Lipinski definition) is 3. The molecule has 0 bridgehead atoms. The fraction of sp³-hybridized carbons (Fsp3) is 0.417. The number of carbonyl (C=O) groups excluding carboxylic acids is 1. The van der Waals surface area contributed by atoms with Gasteiger partial charge < -0.3 is 10.5 Å². The second kappa shape index (κ2) is 6.33. The van der Waals surface area contributed by atoms with Crippen molar-refractivity contribution in [1.29, 1.82) is 0 Å². The molecule has 0 saturated carbocycles. The van der Waals surface area contributed by atoms with E-state index in [-0.39, 0.29) is 12.0 Å². The van der Waals surface area contributed by atoms with Gasteiger partial charge in [0.05, 0.1) is 5.56 Å². The molecule has 3 nitrogen and oxygen atoms in total. The Balaban J connectivity index is 2.58. The van der Waals surface area contributed by atoms with Gasteiger partial charge in [-0.15, -0.1) is 0 Å². The molecular weight excluding hydrogens is 304 g/mol. The molecule has 0 aliphatic carbocycles. The Hall–Kier alpha value is -1.77. The molecule has 2 N–H and O–H groups in total. The predicted octanol–water partition coefficient (Wildman–Crippen LogP) is 2.68. The molecule has 1 rings (SSSR count). The first kappa shape index (κ1) is 17.3. The summed E-state index contributed by atoms with van der Waals surface area (Å²) in [5.41, 5.74) is 4.74. The van der Waals surface area contributed by atoms with Gasteiger partial charge in [-0.25, -0.2) is 0 Å². The van der Waals surface area contributed by atoms with E-state index in [0.717, 1.165) is 24.3 Å². The molecule has 0 aromatic heterocycles. The number of rotatable bonds is 4. The number of ether oxygens (including phenoxy) is 1. The summed E-state index contributed by atoms with van der Waals surface area (Å²) in [4.78, 5) is 11.2. The van der Waals surface area contributed by atoms with Crippen molar-refractivity contribution < 1.29 is 35.9 Å². The van der Waals surface area contributed by atoms with Crippen molar-refractivity contribution in [3.63, 3.8) is 0 Å². The second-order valence-corrected chi connectivity index (χ2v) is 4.23. The lowest BCUT2D eigenvalue weighted by Crippen LogP contribution is -2.36. The van der Waals surface area contributed by atoms with E-state index >= 15 is 0 Å². The van der Waals surface area contributed by atoms with Crippen molar-refractivity contribution in [3.8, 4) is 0 Å². The van der Waals surface area contributed by atoms with Gasteiger partial charge in [-0.05, 0) is 24.1 Å². The average molecular weight is 315 g/mol. The van der Waals surface area contributed by atoms with Crippen LogP contribution in [0, 0.1) is 0 Å². The summed E-state index contributed by atoms with van der Waals surface area (Å²) < 4.78 is 76.4. The summed E-state index contributed by atoms with van der Waals surface area (Å²) >= 11 is 0. The summed E-state index contributed by atoms with van der Waals surface area (Å²) in [5, 5.41) is 0. The summed E-state index contributed by atoms with van der Waals surface area (Å²) in [6.45, 7) is -1.76. The quantitative estimate of drug-likeness (QED) is 0.686. The van der Waals surface area contributed by atoms with E-state index < -0.39 is 36.5 Å². The molecule has 0 fully saturated rings. The molecule has 0 saturated heterocycles. The normalized spacial score (nSPS) is 13.9. The highest BCUT2D eigenvalue weighted by atomic mass is 19.4. The summed E-state index contributed by atoms with van der Waals surface area (Å²) in [6, 6.07) is 2.40. The summed E-state index contributed by atoms with van der Waals surface area (Å²) in [5.74, 6) is -1.27. The highest BCUT2D eigenvalue weighted by Gasteiger charge is 2.31. The molecule has 118 valence electrons. The molecule has 0 aliphatic rings. The molecule has 0 unspecified atom stereocenters. The van der Waals surface area contributed by atoms with Crippen LogP contribution in [0.15, 0.2) is 24.3 Å². The van der Waals surface area contributed by atoms with Crippen LogP contribution in [0.2, 0.25) is 0 Å². The highest BCUT2D eigenvalue weighted by molar-refractivity contribution is 5.75. The van der Waals surface area contributed by atoms with Crippen LogP contribution in [-0.2, 0) is 22.1 Å². The molecule has 9 heteroatoms. The van der Waals surface area contributed by atoms with Crippen LogP contribution in [0.5, 0.6) is 0 Å². The van der Waals surface area contributed by atoms with E-state index in [9.17, 15) is 31.1 Å². The highest BCUT2D eigenvalue weighted by Crippen LogP contribution is 2.29. The van der Waals surface area contributed by atoms with Gasteiger partial charge in [-0.1, -0.05) is 12.1 Å². The summed E-state index contributed by atoms with van der Waals surface area (Å²) in [6.07, 6.45) is -9.38. The number of esters is 1. The maximum absolute atomic E-state index is 12.3. The molecule has 21 heavy (non-hydrogen) atoms. The molecule has 0 amide bonds. The number of nitrogens with two attached hydrogens (primary N) is 1. The van der Waals surface area contributed by atoms with Crippen LogP contribution in [-0.4, -0.2) is 24.8 Å². The van der Waals surface area contributed by atoms with Gasteiger partial charge in [0, 0.05) is 0 Å². The van der Waals surface area contributed by atoms with Crippen LogP contribution < -0.4 is 5.73 Å². The van der Waals surface area contributed by atoms with Crippen LogP contribution >= 0.6 is 0 Å².